The largest absolute Gasteiger partial charge is 0.383 e. The van der Waals surface area contributed by atoms with E-state index in [1.54, 1.807) is 7.11 Å². The molecule has 0 aromatic heterocycles. The van der Waals surface area contributed by atoms with Gasteiger partial charge in [-0.05, 0) is 44.4 Å². The van der Waals surface area contributed by atoms with Gasteiger partial charge in [-0.1, -0.05) is 0 Å². The molecule has 2 fully saturated rings. The summed E-state index contributed by atoms with van der Waals surface area (Å²) < 4.78 is 10.8. The molecule has 2 rings (SSSR count). The summed E-state index contributed by atoms with van der Waals surface area (Å²) in [4.78, 5) is 2.62. The highest BCUT2D eigenvalue weighted by molar-refractivity contribution is 4.91. The molecule has 0 amide bonds. The minimum atomic E-state index is 0.495. The second-order valence-electron chi connectivity index (χ2n) is 6.06. The normalized spacial score (nSPS) is 24.6. The van der Waals surface area contributed by atoms with Crippen LogP contribution in [0.1, 0.15) is 32.6 Å². The Kier molecular flexibility index (Phi) is 6.07. The zero-order chi connectivity index (χ0) is 13.7. The van der Waals surface area contributed by atoms with E-state index in [0.29, 0.717) is 18.0 Å². The molecular weight excluding hydrogens is 240 g/mol. The minimum absolute atomic E-state index is 0.495. The van der Waals surface area contributed by atoms with E-state index < -0.39 is 0 Å². The first-order chi connectivity index (χ1) is 9.27. The Bertz CT molecular complexity index is 253. The van der Waals surface area contributed by atoms with Crippen LogP contribution in [0.3, 0.4) is 0 Å². The molecule has 1 aliphatic carbocycles. The summed E-state index contributed by atoms with van der Waals surface area (Å²) in [6.45, 7) is 6.74. The number of methoxy groups -OCH3 is 1. The zero-order valence-electron chi connectivity index (χ0n) is 12.5. The van der Waals surface area contributed by atoms with Crippen molar-refractivity contribution in [2.24, 2.45) is 17.6 Å². The SMILES string of the molecule is COCCN(C(C)C1CC1)C(CN)C1CCOCC1. The summed E-state index contributed by atoms with van der Waals surface area (Å²) in [6, 6.07) is 1.14. The van der Waals surface area contributed by atoms with Crippen molar-refractivity contribution in [1.29, 1.82) is 0 Å². The van der Waals surface area contributed by atoms with Gasteiger partial charge in [-0.15, -0.1) is 0 Å². The maximum Gasteiger partial charge on any atom is 0.0589 e. The van der Waals surface area contributed by atoms with Gasteiger partial charge >= 0.3 is 0 Å². The number of hydrogen-bond acceptors (Lipinski definition) is 4. The van der Waals surface area contributed by atoms with Crippen LogP contribution in [-0.4, -0.2) is 57.0 Å². The number of nitrogens with two attached hydrogens (primary N) is 1. The molecule has 2 unspecified atom stereocenters. The van der Waals surface area contributed by atoms with E-state index in [-0.39, 0.29) is 0 Å². The highest BCUT2D eigenvalue weighted by atomic mass is 16.5. The predicted molar refractivity (Wildman–Crippen MR) is 77.2 cm³/mol. The molecule has 4 nitrogen and oxygen atoms in total. The molecule has 2 atom stereocenters. The Hall–Kier alpha value is -0.160. The Balaban J connectivity index is 1.99. The van der Waals surface area contributed by atoms with Gasteiger partial charge in [-0.2, -0.15) is 0 Å². The summed E-state index contributed by atoms with van der Waals surface area (Å²) in [5, 5.41) is 0. The van der Waals surface area contributed by atoms with Crippen molar-refractivity contribution in [3.05, 3.63) is 0 Å². The second-order valence-corrected chi connectivity index (χ2v) is 6.06. The molecule has 2 aliphatic rings. The van der Waals surface area contributed by atoms with Crippen LogP contribution in [0.25, 0.3) is 0 Å². The van der Waals surface area contributed by atoms with Crippen molar-refractivity contribution in [2.45, 2.75) is 44.7 Å². The van der Waals surface area contributed by atoms with Crippen LogP contribution in [0, 0.1) is 11.8 Å². The third-order valence-electron chi connectivity index (χ3n) is 4.86. The Morgan fingerprint density at radius 2 is 1.89 bits per heavy atom. The van der Waals surface area contributed by atoms with E-state index in [2.05, 4.69) is 11.8 Å². The molecule has 0 spiro atoms. The number of hydrogen-bond donors (Lipinski definition) is 1. The molecule has 0 radical (unpaired) electrons. The van der Waals surface area contributed by atoms with Gasteiger partial charge in [0.1, 0.15) is 0 Å². The smallest absolute Gasteiger partial charge is 0.0589 e. The fourth-order valence-corrected chi connectivity index (χ4v) is 3.42. The summed E-state index contributed by atoms with van der Waals surface area (Å²) in [5.41, 5.74) is 6.11. The maximum absolute atomic E-state index is 6.11. The van der Waals surface area contributed by atoms with Crippen molar-refractivity contribution < 1.29 is 9.47 Å². The molecule has 1 saturated heterocycles. The molecule has 0 aromatic carbocycles. The van der Waals surface area contributed by atoms with Crippen molar-refractivity contribution >= 4 is 0 Å². The minimum Gasteiger partial charge on any atom is -0.383 e. The van der Waals surface area contributed by atoms with Gasteiger partial charge in [-0.25, -0.2) is 0 Å². The van der Waals surface area contributed by atoms with E-state index in [1.165, 1.54) is 12.8 Å². The summed E-state index contributed by atoms with van der Waals surface area (Å²) in [7, 11) is 1.78. The average Bonchev–Trinajstić information content (AvgIpc) is 3.28. The lowest BCUT2D eigenvalue weighted by molar-refractivity contribution is 0.00469. The zero-order valence-corrected chi connectivity index (χ0v) is 12.5. The van der Waals surface area contributed by atoms with Crippen LogP contribution in [0.4, 0.5) is 0 Å². The summed E-state index contributed by atoms with van der Waals surface area (Å²) in [5.74, 6) is 1.57. The van der Waals surface area contributed by atoms with E-state index in [4.69, 9.17) is 15.2 Å². The quantitative estimate of drug-likeness (QED) is 0.726. The fourth-order valence-electron chi connectivity index (χ4n) is 3.42. The Morgan fingerprint density at radius 3 is 2.42 bits per heavy atom. The first-order valence-corrected chi connectivity index (χ1v) is 7.80. The molecule has 19 heavy (non-hydrogen) atoms. The lowest BCUT2D eigenvalue weighted by Crippen LogP contribution is -2.52. The van der Waals surface area contributed by atoms with Crippen LogP contribution in [0.15, 0.2) is 0 Å². The highest BCUT2D eigenvalue weighted by Crippen LogP contribution is 2.37. The summed E-state index contributed by atoms with van der Waals surface area (Å²) >= 11 is 0. The van der Waals surface area contributed by atoms with Crippen LogP contribution in [0.5, 0.6) is 0 Å². The first-order valence-electron chi connectivity index (χ1n) is 7.80. The number of ether oxygens (including phenoxy) is 2. The molecule has 2 N–H and O–H groups in total. The predicted octanol–water partition coefficient (Wildman–Crippen LogP) is 1.49. The number of rotatable bonds is 8. The van der Waals surface area contributed by atoms with Gasteiger partial charge in [0.15, 0.2) is 0 Å². The average molecular weight is 270 g/mol. The molecule has 4 heteroatoms. The van der Waals surface area contributed by atoms with Gasteiger partial charge in [0.25, 0.3) is 0 Å². The lowest BCUT2D eigenvalue weighted by Gasteiger charge is -2.41. The van der Waals surface area contributed by atoms with Gasteiger partial charge in [0.2, 0.25) is 0 Å². The topological polar surface area (TPSA) is 47.7 Å². The monoisotopic (exact) mass is 270 g/mol. The van der Waals surface area contributed by atoms with E-state index in [9.17, 15) is 0 Å². The van der Waals surface area contributed by atoms with Crippen molar-refractivity contribution in [1.82, 2.24) is 4.90 Å². The van der Waals surface area contributed by atoms with Crippen molar-refractivity contribution in [3.63, 3.8) is 0 Å². The van der Waals surface area contributed by atoms with Crippen LogP contribution in [-0.2, 0) is 9.47 Å². The van der Waals surface area contributed by atoms with Gasteiger partial charge in [-0.3, -0.25) is 4.90 Å². The van der Waals surface area contributed by atoms with Crippen LogP contribution >= 0.6 is 0 Å². The molecule has 0 aromatic rings. The third-order valence-corrected chi connectivity index (χ3v) is 4.86. The van der Waals surface area contributed by atoms with Crippen LogP contribution < -0.4 is 5.73 Å². The third kappa shape index (κ3) is 4.15. The maximum atomic E-state index is 6.11. The van der Waals surface area contributed by atoms with E-state index in [0.717, 1.165) is 51.7 Å². The molecule has 1 aliphatic heterocycles. The van der Waals surface area contributed by atoms with Gasteiger partial charge in [0.05, 0.1) is 6.61 Å². The second kappa shape index (κ2) is 7.58. The highest BCUT2D eigenvalue weighted by Gasteiger charge is 2.37. The van der Waals surface area contributed by atoms with Gasteiger partial charge in [0, 0.05) is 45.5 Å². The Morgan fingerprint density at radius 1 is 1.21 bits per heavy atom. The molecule has 0 bridgehead atoms. The number of nitrogens with zero attached hydrogens (tertiary/aromatic N) is 1. The molecular formula is C15H30N2O2. The first kappa shape index (κ1) is 15.2. The van der Waals surface area contributed by atoms with E-state index >= 15 is 0 Å². The summed E-state index contributed by atoms with van der Waals surface area (Å²) in [6.07, 6.45) is 5.08. The van der Waals surface area contributed by atoms with Gasteiger partial charge < -0.3 is 15.2 Å². The lowest BCUT2D eigenvalue weighted by atomic mass is 9.89. The fraction of sp³-hybridized carbons (Fsp3) is 1.00. The molecule has 112 valence electrons. The van der Waals surface area contributed by atoms with Crippen LogP contribution in [0.2, 0.25) is 0 Å². The van der Waals surface area contributed by atoms with Crippen molar-refractivity contribution in [2.75, 3.05) is 40.0 Å². The van der Waals surface area contributed by atoms with Crippen molar-refractivity contribution in [3.8, 4) is 0 Å². The molecule has 1 saturated carbocycles. The van der Waals surface area contributed by atoms with E-state index in [1.807, 2.05) is 0 Å². The Labute approximate surface area is 117 Å². The standard InChI is InChI=1S/C15H30N2O2/c1-12(13-3-4-13)17(7-10-18-2)15(11-16)14-5-8-19-9-6-14/h12-15H,3-11,16H2,1-2H3. The molecule has 1 heterocycles.